The van der Waals surface area contributed by atoms with E-state index >= 15 is 0 Å². The number of ketones is 1. The molecule has 148 valence electrons. The molecule has 2 aromatic carbocycles. The first-order valence-corrected chi connectivity index (χ1v) is 8.08. The summed E-state index contributed by atoms with van der Waals surface area (Å²) in [5, 5.41) is 0. The fraction of sp³-hybridized carbons (Fsp3) is 0.200. The van der Waals surface area contributed by atoms with Gasteiger partial charge in [-0.2, -0.15) is 8.78 Å². The smallest absolute Gasteiger partial charge is 0.387 e. The standard InChI is InChI=1S/C20H18F2O6/c1-25-16-8-9-18(26-2)14(11-16)5-10-19(24)27-12-17(23)13-3-6-15(7-4-13)28-20(21)22/h3-11,20H,12H2,1-2H3. The number of hydrogen-bond acceptors (Lipinski definition) is 6. The van der Waals surface area contributed by atoms with Gasteiger partial charge in [-0.1, -0.05) is 0 Å². The summed E-state index contributed by atoms with van der Waals surface area (Å²) >= 11 is 0. The van der Waals surface area contributed by atoms with Gasteiger partial charge in [-0.15, -0.1) is 0 Å². The Morgan fingerprint density at radius 1 is 1.00 bits per heavy atom. The van der Waals surface area contributed by atoms with Crippen LogP contribution in [0.3, 0.4) is 0 Å². The number of rotatable bonds is 9. The van der Waals surface area contributed by atoms with Crippen LogP contribution in [-0.2, 0) is 9.53 Å². The van der Waals surface area contributed by atoms with Crippen molar-refractivity contribution in [1.82, 2.24) is 0 Å². The number of esters is 1. The minimum atomic E-state index is -2.95. The van der Waals surface area contributed by atoms with Gasteiger partial charge in [-0.25, -0.2) is 4.79 Å². The molecule has 0 saturated carbocycles. The molecule has 0 aliphatic carbocycles. The van der Waals surface area contributed by atoms with Crippen molar-refractivity contribution in [2.24, 2.45) is 0 Å². The van der Waals surface area contributed by atoms with Crippen molar-refractivity contribution in [3.8, 4) is 17.2 Å². The van der Waals surface area contributed by atoms with Gasteiger partial charge in [0.25, 0.3) is 0 Å². The third kappa shape index (κ3) is 6.08. The van der Waals surface area contributed by atoms with Crippen LogP contribution in [0.25, 0.3) is 6.08 Å². The number of ether oxygens (including phenoxy) is 4. The number of Topliss-reactive ketones (excluding diaryl/α,β-unsaturated/α-hetero) is 1. The van der Waals surface area contributed by atoms with E-state index < -0.39 is 25.0 Å². The number of halogens is 2. The Balaban J connectivity index is 1.93. The molecule has 0 atom stereocenters. The van der Waals surface area contributed by atoms with E-state index in [1.807, 2.05) is 0 Å². The van der Waals surface area contributed by atoms with Gasteiger partial charge >= 0.3 is 12.6 Å². The van der Waals surface area contributed by atoms with Crippen LogP contribution in [0, 0.1) is 0 Å². The van der Waals surface area contributed by atoms with Crippen molar-refractivity contribution in [2.45, 2.75) is 6.61 Å². The van der Waals surface area contributed by atoms with Gasteiger partial charge in [0.1, 0.15) is 17.2 Å². The Labute approximate surface area is 160 Å². The Hall–Kier alpha value is -3.42. The second kappa shape index (κ2) is 10.1. The number of alkyl halides is 2. The minimum Gasteiger partial charge on any atom is -0.497 e. The van der Waals surface area contributed by atoms with Crippen molar-refractivity contribution >= 4 is 17.8 Å². The highest BCUT2D eigenvalue weighted by molar-refractivity contribution is 5.99. The molecule has 2 rings (SSSR count). The molecule has 0 amide bonds. The molecule has 6 nitrogen and oxygen atoms in total. The molecular formula is C20H18F2O6. The van der Waals surface area contributed by atoms with Crippen molar-refractivity contribution in [1.29, 1.82) is 0 Å². The largest absolute Gasteiger partial charge is 0.497 e. The zero-order chi connectivity index (χ0) is 20.5. The van der Waals surface area contributed by atoms with Gasteiger partial charge in [-0.05, 0) is 48.5 Å². The molecule has 2 aromatic rings. The van der Waals surface area contributed by atoms with Gasteiger partial charge in [0.05, 0.1) is 14.2 Å². The van der Waals surface area contributed by atoms with Crippen LogP contribution in [0.1, 0.15) is 15.9 Å². The van der Waals surface area contributed by atoms with Crippen molar-refractivity contribution < 1.29 is 37.3 Å². The zero-order valence-corrected chi connectivity index (χ0v) is 15.2. The second-order valence-corrected chi connectivity index (χ2v) is 5.37. The lowest BCUT2D eigenvalue weighted by atomic mass is 10.1. The monoisotopic (exact) mass is 392 g/mol. The molecule has 0 fully saturated rings. The van der Waals surface area contributed by atoms with Gasteiger partial charge in [0.15, 0.2) is 12.4 Å². The van der Waals surface area contributed by atoms with Crippen LogP contribution >= 0.6 is 0 Å². The van der Waals surface area contributed by atoms with Crippen LogP contribution in [0.15, 0.2) is 48.5 Å². The third-order valence-electron chi connectivity index (χ3n) is 3.58. The molecule has 8 heteroatoms. The number of benzene rings is 2. The summed E-state index contributed by atoms with van der Waals surface area (Å²) in [6, 6.07) is 10.2. The predicted octanol–water partition coefficient (Wildman–Crippen LogP) is 3.74. The van der Waals surface area contributed by atoms with Gasteiger partial charge in [0.2, 0.25) is 0 Å². The normalized spacial score (nSPS) is 10.8. The molecule has 28 heavy (non-hydrogen) atoms. The van der Waals surface area contributed by atoms with E-state index in [9.17, 15) is 18.4 Å². The zero-order valence-electron chi connectivity index (χ0n) is 15.2. The second-order valence-electron chi connectivity index (χ2n) is 5.37. The molecule has 0 unspecified atom stereocenters. The molecule has 0 aliphatic heterocycles. The van der Waals surface area contributed by atoms with Crippen LogP contribution < -0.4 is 14.2 Å². The maximum Gasteiger partial charge on any atom is 0.387 e. The summed E-state index contributed by atoms with van der Waals surface area (Å²) in [7, 11) is 3.01. The summed E-state index contributed by atoms with van der Waals surface area (Å²) in [4.78, 5) is 23.9. The van der Waals surface area contributed by atoms with Gasteiger partial charge in [-0.3, -0.25) is 4.79 Å². The topological polar surface area (TPSA) is 71.1 Å². The lowest BCUT2D eigenvalue weighted by Gasteiger charge is -2.07. The summed E-state index contributed by atoms with van der Waals surface area (Å²) < 4.78 is 43.6. The fourth-order valence-electron chi connectivity index (χ4n) is 2.22. The fourth-order valence-corrected chi connectivity index (χ4v) is 2.22. The van der Waals surface area contributed by atoms with E-state index in [2.05, 4.69) is 4.74 Å². The number of carbonyl (C=O) groups is 2. The third-order valence-corrected chi connectivity index (χ3v) is 3.58. The highest BCUT2D eigenvalue weighted by Crippen LogP contribution is 2.25. The Kier molecular flexibility index (Phi) is 7.50. The molecule has 0 aliphatic rings. The highest BCUT2D eigenvalue weighted by Gasteiger charge is 2.10. The number of hydrogen-bond donors (Lipinski definition) is 0. The molecular weight excluding hydrogens is 374 g/mol. The molecule has 0 spiro atoms. The molecule has 0 bridgehead atoms. The van der Waals surface area contributed by atoms with Crippen molar-refractivity contribution in [3.63, 3.8) is 0 Å². The number of carbonyl (C=O) groups excluding carboxylic acids is 2. The van der Waals surface area contributed by atoms with E-state index in [0.717, 1.165) is 6.08 Å². The van der Waals surface area contributed by atoms with E-state index in [4.69, 9.17) is 14.2 Å². The van der Waals surface area contributed by atoms with Crippen LogP contribution in [0.4, 0.5) is 8.78 Å². The maximum atomic E-state index is 12.1. The summed E-state index contributed by atoms with van der Waals surface area (Å²) in [6.45, 7) is -3.44. The van der Waals surface area contributed by atoms with Crippen LogP contribution in [0.5, 0.6) is 17.2 Å². The first-order chi connectivity index (χ1) is 13.4. The van der Waals surface area contributed by atoms with Gasteiger partial charge in [0, 0.05) is 17.2 Å². The molecule has 0 heterocycles. The van der Waals surface area contributed by atoms with E-state index in [1.54, 1.807) is 18.2 Å². The molecule has 0 radical (unpaired) electrons. The predicted molar refractivity (Wildman–Crippen MR) is 96.9 cm³/mol. The highest BCUT2D eigenvalue weighted by atomic mass is 19.3. The Morgan fingerprint density at radius 3 is 2.29 bits per heavy atom. The first-order valence-electron chi connectivity index (χ1n) is 8.08. The van der Waals surface area contributed by atoms with Gasteiger partial charge < -0.3 is 18.9 Å². The lowest BCUT2D eigenvalue weighted by molar-refractivity contribution is -0.136. The van der Waals surface area contributed by atoms with Crippen LogP contribution in [0.2, 0.25) is 0 Å². The minimum absolute atomic E-state index is 0.0706. The maximum absolute atomic E-state index is 12.1. The quantitative estimate of drug-likeness (QED) is 0.368. The first kappa shape index (κ1) is 20.9. The molecule has 0 saturated heterocycles. The SMILES string of the molecule is COc1ccc(OC)c(C=CC(=O)OCC(=O)c2ccc(OC(F)F)cc2)c1. The summed E-state index contributed by atoms with van der Waals surface area (Å²) in [6.07, 6.45) is 2.63. The van der Waals surface area contributed by atoms with E-state index in [-0.39, 0.29) is 11.3 Å². The summed E-state index contributed by atoms with van der Waals surface area (Å²) in [5.74, 6) is -0.158. The average molecular weight is 392 g/mol. The number of methoxy groups -OCH3 is 2. The van der Waals surface area contributed by atoms with E-state index in [1.165, 1.54) is 44.6 Å². The molecule has 0 N–H and O–H groups in total. The van der Waals surface area contributed by atoms with E-state index in [0.29, 0.717) is 17.1 Å². The van der Waals surface area contributed by atoms with Crippen molar-refractivity contribution in [2.75, 3.05) is 20.8 Å². The molecule has 0 aromatic heterocycles. The lowest BCUT2D eigenvalue weighted by Crippen LogP contribution is -2.12. The van der Waals surface area contributed by atoms with Crippen molar-refractivity contribution in [3.05, 3.63) is 59.7 Å². The Morgan fingerprint density at radius 2 is 1.68 bits per heavy atom. The van der Waals surface area contributed by atoms with Crippen LogP contribution in [-0.4, -0.2) is 39.2 Å². The summed E-state index contributed by atoms with van der Waals surface area (Å²) in [5.41, 5.74) is 0.799. The Bertz CT molecular complexity index is 846. The average Bonchev–Trinajstić information content (AvgIpc) is 2.70.